The first-order valence-electron chi connectivity index (χ1n) is 4.98. The summed E-state index contributed by atoms with van der Waals surface area (Å²) in [5.74, 6) is -2.18. The van der Waals surface area contributed by atoms with E-state index in [1.54, 1.807) is 6.92 Å². The lowest BCUT2D eigenvalue weighted by molar-refractivity contribution is -0.137. The monoisotopic (exact) mass is 239 g/mol. The Hall–Kier alpha value is -2.24. The Balaban J connectivity index is 2.97. The van der Waals surface area contributed by atoms with Crippen molar-refractivity contribution >= 4 is 11.9 Å². The summed E-state index contributed by atoms with van der Waals surface area (Å²) in [5.41, 5.74) is 0.0469. The van der Waals surface area contributed by atoms with Crippen molar-refractivity contribution in [1.29, 1.82) is 0 Å². The minimum atomic E-state index is -1.12. The third kappa shape index (κ3) is 3.37. The molecule has 1 aromatic rings. The Morgan fingerprint density at radius 3 is 2.12 bits per heavy atom. The van der Waals surface area contributed by atoms with Gasteiger partial charge in [-0.3, -0.25) is 9.59 Å². The molecule has 1 rings (SSSR count). The normalized spacial score (nSPS) is 9.94. The van der Waals surface area contributed by atoms with E-state index in [1.165, 1.54) is 12.1 Å². The lowest BCUT2D eigenvalue weighted by Gasteiger charge is -2.18. The first kappa shape index (κ1) is 12.8. The van der Waals surface area contributed by atoms with Crippen LogP contribution in [0, 0.1) is 0 Å². The van der Waals surface area contributed by atoms with Crippen molar-refractivity contribution in [3.05, 3.63) is 23.8 Å². The van der Waals surface area contributed by atoms with E-state index in [4.69, 9.17) is 5.11 Å². The molecular formula is C11H13NO5. The van der Waals surface area contributed by atoms with Gasteiger partial charge in [-0.1, -0.05) is 0 Å². The van der Waals surface area contributed by atoms with E-state index in [1.807, 2.05) is 0 Å². The summed E-state index contributed by atoms with van der Waals surface area (Å²) >= 11 is 0. The van der Waals surface area contributed by atoms with E-state index in [0.29, 0.717) is 0 Å². The van der Waals surface area contributed by atoms with E-state index in [0.717, 1.165) is 11.0 Å². The number of phenolic OH excluding ortho intramolecular Hbond substituents is 2. The molecule has 0 bridgehead atoms. The summed E-state index contributed by atoms with van der Waals surface area (Å²) in [5, 5.41) is 27.1. The van der Waals surface area contributed by atoms with E-state index in [2.05, 4.69) is 0 Å². The fraction of sp³-hybridized carbons (Fsp3) is 0.273. The molecule has 0 fully saturated rings. The summed E-state index contributed by atoms with van der Waals surface area (Å²) in [7, 11) is 0. The topological polar surface area (TPSA) is 98.1 Å². The van der Waals surface area contributed by atoms with Crippen LogP contribution in [0.15, 0.2) is 18.2 Å². The molecule has 0 radical (unpaired) electrons. The number of amides is 1. The number of carboxylic acid groups (broad SMARTS) is 1. The Kier molecular flexibility index (Phi) is 3.92. The average Bonchev–Trinajstić information content (AvgIpc) is 2.23. The van der Waals surface area contributed by atoms with Crippen LogP contribution in [0.25, 0.3) is 0 Å². The van der Waals surface area contributed by atoms with Crippen LogP contribution >= 0.6 is 0 Å². The average molecular weight is 239 g/mol. The Bertz CT molecular complexity index is 423. The highest BCUT2D eigenvalue weighted by Gasteiger charge is 2.17. The number of hydrogen-bond donors (Lipinski definition) is 3. The number of nitrogens with zero attached hydrogens (tertiary/aromatic N) is 1. The number of carbonyl (C=O) groups excluding carboxylic acids is 1. The standard InChI is InChI=1S/C11H13NO5/c1-2-12(6-10(15)16)11(17)7-3-8(13)5-9(14)4-7/h3-5,13-14H,2,6H2,1H3,(H,15,16). The highest BCUT2D eigenvalue weighted by Crippen LogP contribution is 2.21. The predicted molar refractivity (Wildman–Crippen MR) is 59.0 cm³/mol. The van der Waals surface area contributed by atoms with Crippen molar-refractivity contribution in [2.75, 3.05) is 13.1 Å². The fourth-order valence-corrected chi connectivity index (χ4v) is 1.39. The van der Waals surface area contributed by atoms with Gasteiger partial charge >= 0.3 is 5.97 Å². The Labute approximate surface area is 97.7 Å². The van der Waals surface area contributed by atoms with E-state index < -0.39 is 18.4 Å². The summed E-state index contributed by atoms with van der Waals surface area (Å²) < 4.78 is 0. The summed E-state index contributed by atoms with van der Waals surface area (Å²) in [4.78, 5) is 23.5. The SMILES string of the molecule is CCN(CC(=O)O)C(=O)c1cc(O)cc(O)c1. The molecule has 17 heavy (non-hydrogen) atoms. The van der Waals surface area contributed by atoms with Crippen LogP contribution in [0.5, 0.6) is 11.5 Å². The Morgan fingerprint density at radius 2 is 1.71 bits per heavy atom. The number of benzene rings is 1. The summed E-state index contributed by atoms with van der Waals surface area (Å²) in [6.07, 6.45) is 0. The van der Waals surface area contributed by atoms with Gasteiger partial charge in [-0.2, -0.15) is 0 Å². The zero-order valence-corrected chi connectivity index (χ0v) is 9.25. The molecule has 0 spiro atoms. The molecule has 0 atom stereocenters. The van der Waals surface area contributed by atoms with Crippen LogP contribution in [0.2, 0.25) is 0 Å². The second kappa shape index (κ2) is 5.20. The molecule has 3 N–H and O–H groups in total. The van der Waals surface area contributed by atoms with Crippen molar-refractivity contribution < 1.29 is 24.9 Å². The number of phenols is 2. The van der Waals surface area contributed by atoms with Gasteiger partial charge in [0.05, 0.1) is 0 Å². The van der Waals surface area contributed by atoms with Crippen LogP contribution in [0.3, 0.4) is 0 Å². The number of aliphatic carboxylic acids is 1. The smallest absolute Gasteiger partial charge is 0.323 e. The molecule has 0 aliphatic rings. The highest BCUT2D eigenvalue weighted by molar-refractivity contribution is 5.96. The van der Waals surface area contributed by atoms with E-state index in [-0.39, 0.29) is 23.6 Å². The first-order valence-corrected chi connectivity index (χ1v) is 4.98. The van der Waals surface area contributed by atoms with Crippen molar-refractivity contribution in [3.63, 3.8) is 0 Å². The van der Waals surface area contributed by atoms with Crippen LogP contribution in [0.1, 0.15) is 17.3 Å². The molecular weight excluding hydrogens is 226 g/mol. The minimum Gasteiger partial charge on any atom is -0.508 e. The van der Waals surface area contributed by atoms with Gasteiger partial charge < -0.3 is 20.2 Å². The maximum absolute atomic E-state index is 11.9. The molecule has 92 valence electrons. The van der Waals surface area contributed by atoms with Crippen molar-refractivity contribution in [2.45, 2.75) is 6.92 Å². The largest absolute Gasteiger partial charge is 0.508 e. The zero-order valence-electron chi connectivity index (χ0n) is 9.25. The fourth-order valence-electron chi connectivity index (χ4n) is 1.39. The minimum absolute atomic E-state index is 0.0469. The molecule has 0 aromatic heterocycles. The third-order valence-corrected chi connectivity index (χ3v) is 2.14. The summed E-state index contributed by atoms with van der Waals surface area (Å²) in [6, 6.07) is 3.43. The number of carbonyl (C=O) groups is 2. The Morgan fingerprint density at radius 1 is 1.18 bits per heavy atom. The van der Waals surface area contributed by atoms with Gasteiger partial charge in [-0.05, 0) is 19.1 Å². The number of carboxylic acids is 1. The predicted octanol–water partition coefficient (Wildman–Crippen LogP) is 0.644. The zero-order chi connectivity index (χ0) is 13.0. The molecule has 0 aliphatic carbocycles. The van der Waals surface area contributed by atoms with Crippen molar-refractivity contribution in [3.8, 4) is 11.5 Å². The maximum Gasteiger partial charge on any atom is 0.323 e. The first-order chi connectivity index (χ1) is 7.93. The van der Waals surface area contributed by atoms with Gasteiger partial charge in [0.1, 0.15) is 18.0 Å². The molecule has 0 aliphatic heterocycles. The quantitative estimate of drug-likeness (QED) is 0.716. The second-order valence-corrected chi connectivity index (χ2v) is 3.45. The van der Waals surface area contributed by atoms with Gasteiger partial charge in [-0.25, -0.2) is 0 Å². The van der Waals surface area contributed by atoms with Crippen LogP contribution in [0.4, 0.5) is 0 Å². The number of aromatic hydroxyl groups is 2. The molecule has 6 nitrogen and oxygen atoms in total. The van der Waals surface area contributed by atoms with Crippen molar-refractivity contribution in [1.82, 2.24) is 4.90 Å². The third-order valence-electron chi connectivity index (χ3n) is 2.14. The van der Waals surface area contributed by atoms with Gasteiger partial charge in [-0.15, -0.1) is 0 Å². The number of hydrogen-bond acceptors (Lipinski definition) is 4. The van der Waals surface area contributed by atoms with Crippen LogP contribution in [-0.4, -0.2) is 45.2 Å². The van der Waals surface area contributed by atoms with Gasteiger partial charge in [0.15, 0.2) is 0 Å². The molecule has 0 saturated carbocycles. The van der Waals surface area contributed by atoms with Crippen molar-refractivity contribution in [2.24, 2.45) is 0 Å². The number of likely N-dealkylation sites (N-methyl/N-ethyl adjacent to an activating group) is 1. The molecule has 6 heteroatoms. The molecule has 0 heterocycles. The lowest BCUT2D eigenvalue weighted by atomic mass is 10.1. The van der Waals surface area contributed by atoms with Crippen LogP contribution in [-0.2, 0) is 4.79 Å². The molecule has 1 amide bonds. The molecule has 0 saturated heterocycles. The lowest BCUT2D eigenvalue weighted by Crippen LogP contribution is -2.35. The highest BCUT2D eigenvalue weighted by atomic mass is 16.4. The second-order valence-electron chi connectivity index (χ2n) is 3.45. The van der Waals surface area contributed by atoms with E-state index in [9.17, 15) is 19.8 Å². The molecule has 1 aromatic carbocycles. The maximum atomic E-state index is 11.9. The molecule has 0 unspecified atom stereocenters. The number of rotatable bonds is 4. The van der Waals surface area contributed by atoms with Gasteiger partial charge in [0.25, 0.3) is 5.91 Å². The van der Waals surface area contributed by atoms with E-state index >= 15 is 0 Å². The van der Waals surface area contributed by atoms with Gasteiger partial charge in [0, 0.05) is 18.2 Å². The summed E-state index contributed by atoms with van der Waals surface area (Å²) in [6.45, 7) is 1.44. The van der Waals surface area contributed by atoms with Crippen LogP contribution < -0.4 is 0 Å². The van der Waals surface area contributed by atoms with Gasteiger partial charge in [0.2, 0.25) is 0 Å².